The van der Waals surface area contributed by atoms with E-state index in [1.807, 2.05) is 12.1 Å². The molecule has 3 unspecified atom stereocenters. The number of fused-ring (bicyclic) bond motifs is 6. The molecule has 0 bridgehead atoms. The van der Waals surface area contributed by atoms with E-state index in [0.717, 1.165) is 63.6 Å². The first-order valence-electron chi connectivity index (χ1n) is 13.7. The molecule has 184 valence electrons. The van der Waals surface area contributed by atoms with Crippen molar-refractivity contribution < 1.29 is 0 Å². The van der Waals surface area contributed by atoms with Crippen LogP contribution >= 0.6 is 0 Å². The monoisotopic (exact) mass is 494 g/mol. The van der Waals surface area contributed by atoms with Gasteiger partial charge in [0.2, 0.25) is 0 Å². The van der Waals surface area contributed by atoms with Crippen LogP contribution in [-0.2, 0) is 0 Å². The minimum absolute atomic E-state index is 0.0137. The Balaban J connectivity index is 0.997. The molecule has 1 saturated heterocycles. The van der Waals surface area contributed by atoms with Crippen molar-refractivity contribution in [1.82, 2.24) is 30.6 Å². The molecule has 9 rings (SSSR count). The van der Waals surface area contributed by atoms with Crippen LogP contribution in [0, 0.1) is 35.5 Å². The number of aromatic amines is 2. The van der Waals surface area contributed by atoms with Gasteiger partial charge in [0.15, 0.2) is 0 Å². The van der Waals surface area contributed by atoms with Gasteiger partial charge in [-0.1, -0.05) is 35.8 Å². The third kappa shape index (κ3) is 3.45. The van der Waals surface area contributed by atoms with E-state index in [4.69, 9.17) is 9.97 Å². The summed E-state index contributed by atoms with van der Waals surface area (Å²) in [4.78, 5) is 16.8. The van der Waals surface area contributed by atoms with Crippen molar-refractivity contribution in [2.75, 3.05) is 0 Å². The van der Waals surface area contributed by atoms with Crippen molar-refractivity contribution in [2.45, 2.75) is 49.9 Å². The lowest BCUT2D eigenvalue weighted by atomic mass is 10.0. The van der Waals surface area contributed by atoms with E-state index < -0.39 is 0 Å². The number of hydrogen-bond donors (Lipinski definition) is 4. The van der Waals surface area contributed by atoms with Gasteiger partial charge in [0.1, 0.15) is 17.7 Å². The van der Waals surface area contributed by atoms with Crippen molar-refractivity contribution in [3.05, 3.63) is 71.3 Å². The van der Waals surface area contributed by atoms with E-state index in [-0.39, 0.29) is 6.04 Å². The van der Waals surface area contributed by atoms with Crippen LogP contribution in [0.25, 0.3) is 32.8 Å². The van der Waals surface area contributed by atoms with Crippen LogP contribution in [0.1, 0.15) is 60.5 Å². The maximum absolute atomic E-state index is 4.93. The number of rotatable bonds is 2. The van der Waals surface area contributed by atoms with Gasteiger partial charge in [-0.05, 0) is 73.4 Å². The summed E-state index contributed by atoms with van der Waals surface area (Å²) in [5.41, 5.74) is 6.05. The second-order valence-electron chi connectivity index (χ2n) is 11.4. The summed E-state index contributed by atoms with van der Waals surface area (Å²) in [7, 11) is 0. The lowest BCUT2D eigenvalue weighted by molar-refractivity contribution is 0.390. The van der Waals surface area contributed by atoms with E-state index in [9.17, 15) is 0 Å². The highest BCUT2D eigenvalue weighted by Crippen LogP contribution is 2.43. The van der Waals surface area contributed by atoms with Crippen LogP contribution < -0.4 is 10.6 Å². The molecule has 6 nitrogen and oxygen atoms in total. The normalized spacial score (nSPS) is 28.7. The summed E-state index contributed by atoms with van der Waals surface area (Å²) in [6.45, 7) is 0. The molecule has 3 fully saturated rings. The molecule has 4 N–H and O–H groups in total. The molecule has 2 aliphatic carbocycles. The van der Waals surface area contributed by atoms with Crippen molar-refractivity contribution in [2.24, 2.45) is 11.8 Å². The first kappa shape index (κ1) is 20.9. The van der Waals surface area contributed by atoms with E-state index in [2.05, 4.69) is 80.7 Å². The van der Waals surface area contributed by atoms with Gasteiger partial charge in [0.05, 0.1) is 28.1 Å². The zero-order valence-electron chi connectivity index (χ0n) is 20.8. The van der Waals surface area contributed by atoms with Gasteiger partial charge in [-0.15, -0.1) is 0 Å². The van der Waals surface area contributed by atoms with Gasteiger partial charge in [0.25, 0.3) is 0 Å². The Morgan fingerprint density at radius 1 is 0.763 bits per heavy atom. The topological polar surface area (TPSA) is 81.4 Å². The van der Waals surface area contributed by atoms with Crippen LogP contribution in [-0.4, -0.2) is 32.0 Å². The predicted octanol–water partition coefficient (Wildman–Crippen LogP) is 4.84. The van der Waals surface area contributed by atoms with Crippen LogP contribution in [0.5, 0.6) is 0 Å². The fraction of sp³-hybridized carbons (Fsp3) is 0.312. The average molecular weight is 495 g/mol. The molecular weight excluding hydrogens is 468 g/mol. The summed E-state index contributed by atoms with van der Waals surface area (Å²) < 4.78 is 0. The van der Waals surface area contributed by atoms with Crippen LogP contribution in [0.4, 0.5) is 0 Å². The SMILES string of the molecule is C(#Cc1ccc2nc([C@@H]3C#CC4CC4N3)[nH]c2c1)c1ccc2c(ccc3nc([C@@H]4CCC5C[C@H]5N4)[nH]c32)c1. The molecule has 3 aromatic carbocycles. The maximum Gasteiger partial charge on any atom is 0.136 e. The minimum atomic E-state index is -0.0137. The molecule has 0 amide bonds. The Labute approximate surface area is 220 Å². The Hall–Kier alpha value is -4.10. The number of benzene rings is 3. The molecule has 2 aromatic heterocycles. The highest BCUT2D eigenvalue weighted by molar-refractivity contribution is 6.04. The molecule has 2 saturated carbocycles. The maximum atomic E-state index is 4.93. The van der Waals surface area contributed by atoms with E-state index in [1.165, 1.54) is 23.6 Å². The second kappa shape index (κ2) is 7.71. The number of nitrogens with one attached hydrogen (secondary N) is 4. The zero-order chi connectivity index (χ0) is 24.8. The van der Waals surface area contributed by atoms with Crippen LogP contribution in [0.2, 0.25) is 0 Å². The summed E-state index contributed by atoms with van der Waals surface area (Å²) in [6.07, 6.45) is 4.96. The predicted molar refractivity (Wildman–Crippen MR) is 148 cm³/mol. The fourth-order valence-corrected chi connectivity index (χ4v) is 6.30. The summed E-state index contributed by atoms with van der Waals surface area (Å²) >= 11 is 0. The third-order valence-corrected chi connectivity index (χ3v) is 8.69. The van der Waals surface area contributed by atoms with E-state index in [0.29, 0.717) is 24.0 Å². The molecule has 0 radical (unpaired) electrons. The molecule has 6 heteroatoms. The van der Waals surface area contributed by atoms with E-state index >= 15 is 0 Å². The number of piperidine rings is 1. The Morgan fingerprint density at radius 2 is 1.63 bits per heavy atom. The molecule has 6 atom stereocenters. The second-order valence-corrected chi connectivity index (χ2v) is 11.4. The van der Waals surface area contributed by atoms with Crippen LogP contribution in [0.15, 0.2) is 48.5 Å². The van der Waals surface area contributed by atoms with Crippen molar-refractivity contribution in [1.29, 1.82) is 0 Å². The highest BCUT2D eigenvalue weighted by Gasteiger charge is 2.43. The molecule has 4 aliphatic rings. The lowest BCUT2D eigenvalue weighted by Crippen LogP contribution is -2.29. The molecular formula is C32H26N6. The fourth-order valence-electron chi connectivity index (χ4n) is 6.30. The average Bonchev–Trinajstić information content (AvgIpc) is 3.82. The number of aromatic nitrogens is 4. The van der Waals surface area contributed by atoms with Crippen LogP contribution in [0.3, 0.4) is 0 Å². The molecule has 4 heterocycles. The van der Waals surface area contributed by atoms with Gasteiger partial charge >= 0.3 is 0 Å². The number of nitrogens with zero attached hydrogens (tertiary/aromatic N) is 2. The van der Waals surface area contributed by atoms with Gasteiger partial charge in [-0.3, -0.25) is 5.32 Å². The molecule has 5 aromatic rings. The summed E-state index contributed by atoms with van der Waals surface area (Å²) in [5.74, 6) is 16.7. The highest BCUT2D eigenvalue weighted by atomic mass is 15.1. The standard InChI is InChI=1S/C32H26N6/c1(2-18-4-9-23-29(14-18)37-31(35-23)25-11-6-20-15-27(20)33-25)17-3-8-22-19(13-17)5-10-24-30(22)38-32(36-24)26-12-7-21-16-28(21)34-26/h3-5,8-10,13-14,20-21,25-28,33-34H,7,12,15-16H2,(H,35,37)(H,36,38)/t20?,21?,25-,26-,27?,28+/m0/s1. The van der Waals surface area contributed by atoms with Gasteiger partial charge in [0, 0.05) is 34.5 Å². The van der Waals surface area contributed by atoms with Crippen molar-refractivity contribution >= 4 is 32.8 Å². The number of hydrogen-bond acceptors (Lipinski definition) is 4. The first-order valence-corrected chi connectivity index (χ1v) is 13.7. The summed E-state index contributed by atoms with van der Waals surface area (Å²) in [6, 6.07) is 18.4. The molecule has 0 spiro atoms. The smallest absolute Gasteiger partial charge is 0.136 e. The Bertz CT molecular complexity index is 1910. The molecule has 2 aliphatic heterocycles. The lowest BCUT2D eigenvalue weighted by Gasteiger charge is -2.20. The minimum Gasteiger partial charge on any atom is -0.340 e. The summed E-state index contributed by atoms with van der Waals surface area (Å²) in [5, 5.41) is 9.70. The van der Waals surface area contributed by atoms with Crippen molar-refractivity contribution in [3.63, 3.8) is 0 Å². The molecule has 38 heavy (non-hydrogen) atoms. The van der Waals surface area contributed by atoms with Gasteiger partial charge in [-0.25, -0.2) is 9.97 Å². The quantitative estimate of drug-likeness (QED) is 0.265. The van der Waals surface area contributed by atoms with E-state index in [1.54, 1.807) is 0 Å². The first-order chi connectivity index (χ1) is 18.7. The van der Waals surface area contributed by atoms with Crippen molar-refractivity contribution in [3.8, 4) is 23.7 Å². The zero-order valence-corrected chi connectivity index (χ0v) is 20.8. The number of H-pyrrole nitrogens is 2. The number of imidazole rings is 2. The Kier molecular flexibility index (Phi) is 4.24. The third-order valence-electron chi connectivity index (χ3n) is 8.69. The van der Waals surface area contributed by atoms with Gasteiger partial charge < -0.3 is 15.3 Å². The van der Waals surface area contributed by atoms with Gasteiger partial charge in [-0.2, -0.15) is 0 Å². The largest absolute Gasteiger partial charge is 0.340 e. The Morgan fingerprint density at radius 3 is 2.55 bits per heavy atom.